The molecule has 1 aliphatic rings. The van der Waals surface area contributed by atoms with Crippen LogP contribution in [0.2, 0.25) is 5.02 Å². The van der Waals surface area contributed by atoms with Crippen molar-refractivity contribution in [1.82, 2.24) is 16.0 Å². The molecule has 6 heteroatoms. The van der Waals surface area contributed by atoms with Gasteiger partial charge in [-0.25, -0.2) is 4.79 Å². The van der Waals surface area contributed by atoms with Gasteiger partial charge in [0.2, 0.25) is 0 Å². The minimum Gasteiger partial charge on any atom is -0.495 e. The van der Waals surface area contributed by atoms with Crippen LogP contribution in [0.5, 0.6) is 5.75 Å². The Morgan fingerprint density at radius 3 is 2.81 bits per heavy atom. The SMILES string of the molecule is COc1ccc(CNC(=O)NCC2CCNCC2)cc1Cl. The van der Waals surface area contributed by atoms with Gasteiger partial charge in [0.15, 0.2) is 0 Å². The third-order valence-electron chi connectivity index (χ3n) is 3.68. The highest BCUT2D eigenvalue weighted by Crippen LogP contribution is 2.24. The Balaban J connectivity index is 1.71. The Bertz CT molecular complexity index is 476. The molecule has 2 amide bonds. The van der Waals surface area contributed by atoms with Crippen LogP contribution in [-0.2, 0) is 6.54 Å². The summed E-state index contributed by atoms with van der Waals surface area (Å²) in [5.41, 5.74) is 0.942. The first kappa shape index (κ1) is 15.9. The molecule has 0 bridgehead atoms. The van der Waals surface area contributed by atoms with E-state index in [1.54, 1.807) is 19.2 Å². The highest BCUT2D eigenvalue weighted by atomic mass is 35.5. The van der Waals surface area contributed by atoms with Crippen molar-refractivity contribution in [2.75, 3.05) is 26.7 Å². The molecule has 1 heterocycles. The molecule has 0 aromatic heterocycles. The van der Waals surface area contributed by atoms with Crippen LogP contribution in [0.4, 0.5) is 4.79 Å². The Morgan fingerprint density at radius 1 is 1.38 bits per heavy atom. The van der Waals surface area contributed by atoms with Crippen LogP contribution >= 0.6 is 11.6 Å². The lowest BCUT2D eigenvalue weighted by atomic mass is 9.98. The zero-order chi connectivity index (χ0) is 15.1. The van der Waals surface area contributed by atoms with Gasteiger partial charge < -0.3 is 20.7 Å². The summed E-state index contributed by atoms with van der Waals surface area (Å²) >= 11 is 6.05. The van der Waals surface area contributed by atoms with Crippen LogP contribution in [0.15, 0.2) is 18.2 Å². The topological polar surface area (TPSA) is 62.4 Å². The summed E-state index contributed by atoms with van der Waals surface area (Å²) in [4.78, 5) is 11.8. The number of benzene rings is 1. The molecule has 1 saturated heterocycles. The highest BCUT2D eigenvalue weighted by molar-refractivity contribution is 6.32. The first-order valence-corrected chi connectivity index (χ1v) is 7.61. The number of hydrogen-bond donors (Lipinski definition) is 3. The normalized spacial score (nSPS) is 15.5. The molecular formula is C15H22ClN3O2. The summed E-state index contributed by atoms with van der Waals surface area (Å²) in [7, 11) is 1.58. The van der Waals surface area contributed by atoms with Gasteiger partial charge in [0.25, 0.3) is 0 Å². The molecular weight excluding hydrogens is 290 g/mol. The minimum absolute atomic E-state index is 0.138. The number of nitrogens with one attached hydrogen (secondary N) is 3. The molecule has 2 rings (SSSR count). The van der Waals surface area contributed by atoms with E-state index in [2.05, 4.69) is 16.0 Å². The zero-order valence-electron chi connectivity index (χ0n) is 12.2. The number of piperidine rings is 1. The number of amides is 2. The van der Waals surface area contributed by atoms with E-state index in [1.807, 2.05) is 6.07 Å². The van der Waals surface area contributed by atoms with Crippen LogP contribution in [0.3, 0.4) is 0 Å². The van der Waals surface area contributed by atoms with Gasteiger partial charge in [0.05, 0.1) is 12.1 Å². The quantitative estimate of drug-likeness (QED) is 0.781. The molecule has 1 aliphatic heterocycles. The fourth-order valence-electron chi connectivity index (χ4n) is 2.39. The summed E-state index contributed by atoms with van der Waals surface area (Å²) in [5, 5.41) is 9.62. The second kappa shape index (κ2) is 8.10. The van der Waals surface area contributed by atoms with Crippen molar-refractivity contribution in [2.24, 2.45) is 5.92 Å². The van der Waals surface area contributed by atoms with Crippen molar-refractivity contribution in [1.29, 1.82) is 0 Å². The summed E-state index contributed by atoms with van der Waals surface area (Å²) in [6.07, 6.45) is 2.24. The van der Waals surface area contributed by atoms with Crippen LogP contribution in [0.1, 0.15) is 18.4 Å². The Hall–Kier alpha value is -1.46. The molecule has 3 N–H and O–H groups in total. The summed E-state index contributed by atoms with van der Waals surface area (Å²) in [6.45, 7) is 3.26. The first-order chi connectivity index (χ1) is 10.2. The molecule has 1 aromatic carbocycles. The van der Waals surface area contributed by atoms with E-state index >= 15 is 0 Å². The Morgan fingerprint density at radius 2 is 2.14 bits per heavy atom. The van der Waals surface area contributed by atoms with Gasteiger partial charge in [-0.15, -0.1) is 0 Å². The van der Waals surface area contributed by atoms with Gasteiger partial charge in [0.1, 0.15) is 5.75 Å². The van der Waals surface area contributed by atoms with E-state index in [9.17, 15) is 4.79 Å². The van der Waals surface area contributed by atoms with E-state index in [0.29, 0.717) is 23.2 Å². The lowest BCUT2D eigenvalue weighted by Gasteiger charge is -2.22. The van der Waals surface area contributed by atoms with Crippen LogP contribution in [0, 0.1) is 5.92 Å². The van der Waals surface area contributed by atoms with Gasteiger partial charge in [0, 0.05) is 13.1 Å². The number of ether oxygens (including phenoxy) is 1. The van der Waals surface area contributed by atoms with Crippen LogP contribution in [-0.4, -0.2) is 32.8 Å². The van der Waals surface area contributed by atoms with Gasteiger partial charge >= 0.3 is 6.03 Å². The number of carbonyl (C=O) groups excluding carboxylic acids is 1. The van der Waals surface area contributed by atoms with Crippen molar-refractivity contribution in [3.63, 3.8) is 0 Å². The Kier molecular flexibility index (Phi) is 6.14. The summed E-state index contributed by atoms with van der Waals surface area (Å²) < 4.78 is 5.09. The molecule has 0 atom stereocenters. The lowest BCUT2D eigenvalue weighted by Crippen LogP contribution is -2.40. The number of hydrogen-bond acceptors (Lipinski definition) is 3. The molecule has 5 nitrogen and oxygen atoms in total. The first-order valence-electron chi connectivity index (χ1n) is 7.24. The van der Waals surface area contributed by atoms with E-state index in [0.717, 1.165) is 38.0 Å². The zero-order valence-corrected chi connectivity index (χ0v) is 13.0. The van der Waals surface area contributed by atoms with Crippen molar-refractivity contribution in [3.05, 3.63) is 28.8 Å². The maximum absolute atomic E-state index is 11.8. The molecule has 116 valence electrons. The highest BCUT2D eigenvalue weighted by Gasteiger charge is 2.13. The third kappa shape index (κ3) is 5.10. The van der Waals surface area contributed by atoms with Gasteiger partial charge in [-0.2, -0.15) is 0 Å². The predicted molar refractivity (Wildman–Crippen MR) is 83.8 cm³/mol. The molecule has 1 fully saturated rings. The number of rotatable bonds is 5. The van der Waals surface area contributed by atoms with Crippen LogP contribution in [0.25, 0.3) is 0 Å². The molecule has 0 spiro atoms. The molecule has 0 aliphatic carbocycles. The standard InChI is InChI=1S/C15H22ClN3O2/c1-21-14-3-2-12(8-13(14)16)10-19-15(20)18-9-11-4-6-17-7-5-11/h2-3,8,11,17H,4-7,9-10H2,1H3,(H2,18,19,20). The second-order valence-electron chi connectivity index (χ2n) is 5.23. The second-order valence-corrected chi connectivity index (χ2v) is 5.63. The maximum Gasteiger partial charge on any atom is 0.315 e. The average molecular weight is 312 g/mol. The third-order valence-corrected chi connectivity index (χ3v) is 3.97. The number of methoxy groups -OCH3 is 1. The molecule has 0 unspecified atom stereocenters. The fourth-order valence-corrected chi connectivity index (χ4v) is 2.67. The Labute approximate surface area is 130 Å². The van der Waals surface area contributed by atoms with E-state index in [4.69, 9.17) is 16.3 Å². The molecule has 0 radical (unpaired) electrons. The summed E-state index contributed by atoms with van der Waals surface area (Å²) in [5.74, 6) is 1.21. The van der Waals surface area contributed by atoms with Gasteiger partial charge in [-0.05, 0) is 49.5 Å². The number of urea groups is 1. The number of carbonyl (C=O) groups is 1. The smallest absolute Gasteiger partial charge is 0.315 e. The molecule has 21 heavy (non-hydrogen) atoms. The van der Waals surface area contributed by atoms with E-state index in [1.165, 1.54) is 0 Å². The lowest BCUT2D eigenvalue weighted by molar-refractivity contribution is 0.236. The van der Waals surface area contributed by atoms with Crippen LogP contribution < -0.4 is 20.7 Å². The van der Waals surface area contributed by atoms with Gasteiger partial charge in [-0.1, -0.05) is 17.7 Å². The van der Waals surface area contributed by atoms with Crippen molar-refractivity contribution >= 4 is 17.6 Å². The van der Waals surface area contributed by atoms with Crippen molar-refractivity contribution in [2.45, 2.75) is 19.4 Å². The van der Waals surface area contributed by atoms with E-state index < -0.39 is 0 Å². The largest absolute Gasteiger partial charge is 0.495 e. The summed E-state index contributed by atoms with van der Waals surface area (Å²) in [6, 6.07) is 5.35. The maximum atomic E-state index is 11.8. The van der Waals surface area contributed by atoms with Gasteiger partial charge in [-0.3, -0.25) is 0 Å². The number of halogens is 1. The predicted octanol–water partition coefficient (Wildman–Crippen LogP) is 2.15. The fraction of sp³-hybridized carbons (Fsp3) is 0.533. The van der Waals surface area contributed by atoms with E-state index in [-0.39, 0.29) is 6.03 Å². The van der Waals surface area contributed by atoms with Crippen molar-refractivity contribution in [3.8, 4) is 5.75 Å². The molecule has 1 aromatic rings. The molecule has 0 saturated carbocycles. The minimum atomic E-state index is -0.138. The van der Waals surface area contributed by atoms with Crippen molar-refractivity contribution < 1.29 is 9.53 Å². The average Bonchev–Trinajstić information content (AvgIpc) is 2.52. The monoisotopic (exact) mass is 311 g/mol.